The van der Waals surface area contributed by atoms with Crippen molar-refractivity contribution < 1.29 is 9.53 Å². The Balaban J connectivity index is 1.55. The molecule has 4 heteroatoms. The number of amides is 1. The fraction of sp³-hybridized carbons (Fsp3) is 0.600. The first-order valence-corrected chi connectivity index (χ1v) is 7.16. The van der Waals surface area contributed by atoms with Crippen LogP contribution in [0.15, 0.2) is 18.3 Å². The molecule has 100 valence electrons. The molecule has 0 N–H and O–H groups in total. The summed E-state index contributed by atoms with van der Waals surface area (Å²) in [5.41, 5.74) is 1.77. The maximum Gasteiger partial charge on any atom is 0.256 e. The topological polar surface area (TPSA) is 42.4 Å². The molecule has 1 aromatic rings. The third-order valence-electron chi connectivity index (χ3n) is 4.85. The van der Waals surface area contributed by atoms with Gasteiger partial charge < -0.3 is 9.64 Å². The second kappa shape index (κ2) is 4.04. The van der Waals surface area contributed by atoms with E-state index in [-0.39, 0.29) is 17.6 Å². The maximum absolute atomic E-state index is 12.4. The SMILES string of the molecule is O=C1c2cccnc2CN1[C@H]1COC2(CCCC2)C1. The van der Waals surface area contributed by atoms with Gasteiger partial charge in [0, 0.05) is 6.20 Å². The summed E-state index contributed by atoms with van der Waals surface area (Å²) in [7, 11) is 0. The molecule has 4 nitrogen and oxygen atoms in total. The molecule has 2 fully saturated rings. The highest BCUT2D eigenvalue weighted by Gasteiger charge is 2.46. The predicted molar refractivity (Wildman–Crippen MR) is 69.7 cm³/mol. The Morgan fingerprint density at radius 3 is 3.00 bits per heavy atom. The van der Waals surface area contributed by atoms with Crippen molar-refractivity contribution in [3.05, 3.63) is 29.6 Å². The van der Waals surface area contributed by atoms with Gasteiger partial charge in [-0.1, -0.05) is 12.8 Å². The van der Waals surface area contributed by atoms with Crippen molar-refractivity contribution in [2.24, 2.45) is 0 Å². The first kappa shape index (κ1) is 11.4. The van der Waals surface area contributed by atoms with E-state index in [0.29, 0.717) is 13.2 Å². The summed E-state index contributed by atoms with van der Waals surface area (Å²) in [6.45, 7) is 1.35. The molecule has 0 unspecified atom stereocenters. The largest absolute Gasteiger partial charge is 0.373 e. The average molecular weight is 258 g/mol. The number of rotatable bonds is 1. The van der Waals surface area contributed by atoms with Crippen LogP contribution in [0.4, 0.5) is 0 Å². The fourth-order valence-corrected chi connectivity index (χ4v) is 3.83. The Morgan fingerprint density at radius 1 is 1.37 bits per heavy atom. The third-order valence-corrected chi connectivity index (χ3v) is 4.85. The van der Waals surface area contributed by atoms with E-state index in [1.165, 1.54) is 12.8 Å². The van der Waals surface area contributed by atoms with E-state index < -0.39 is 0 Å². The Hall–Kier alpha value is -1.42. The zero-order valence-electron chi connectivity index (χ0n) is 11.0. The van der Waals surface area contributed by atoms with E-state index in [9.17, 15) is 4.79 Å². The van der Waals surface area contributed by atoms with Crippen LogP contribution >= 0.6 is 0 Å². The minimum atomic E-state index is 0.0765. The van der Waals surface area contributed by atoms with Gasteiger partial charge in [0.2, 0.25) is 0 Å². The molecule has 19 heavy (non-hydrogen) atoms. The zero-order valence-corrected chi connectivity index (χ0v) is 11.0. The van der Waals surface area contributed by atoms with E-state index in [4.69, 9.17) is 4.74 Å². The van der Waals surface area contributed by atoms with Crippen LogP contribution in [0.3, 0.4) is 0 Å². The van der Waals surface area contributed by atoms with Crippen molar-refractivity contribution >= 4 is 5.91 Å². The molecule has 3 heterocycles. The summed E-state index contributed by atoms with van der Waals surface area (Å²) in [5, 5.41) is 0. The second-order valence-corrected chi connectivity index (χ2v) is 5.99. The van der Waals surface area contributed by atoms with Crippen LogP contribution in [0.2, 0.25) is 0 Å². The van der Waals surface area contributed by atoms with Crippen molar-refractivity contribution in [3.63, 3.8) is 0 Å². The lowest BCUT2D eigenvalue weighted by Crippen LogP contribution is -2.37. The van der Waals surface area contributed by atoms with Crippen LogP contribution in [0.1, 0.15) is 48.2 Å². The summed E-state index contributed by atoms with van der Waals surface area (Å²) in [4.78, 5) is 18.7. The molecule has 1 spiro atoms. The van der Waals surface area contributed by atoms with Crippen LogP contribution in [0, 0.1) is 0 Å². The normalized spacial score (nSPS) is 28.3. The van der Waals surface area contributed by atoms with E-state index in [2.05, 4.69) is 4.98 Å². The lowest BCUT2D eigenvalue weighted by atomic mass is 9.96. The van der Waals surface area contributed by atoms with Crippen LogP contribution in [-0.4, -0.2) is 34.0 Å². The van der Waals surface area contributed by atoms with Gasteiger partial charge in [0.15, 0.2) is 0 Å². The summed E-state index contributed by atoms with van der Waals surface area (Å²) >= 11 is 0. The van der Waals surface area contributed by atoms with Crippen LogP contribution in [0.25, 0.3) is 0 Å². The van der Waals surface area contributed by atoms with Gasteiger partial charge in [0.1, 0.15) is 0 Å². The van der Waals surface area contributed by atoms with Crippen molar-refractivity contribution in [3.8, 4) is 0 Å². The highest BCUT2D eigenvalue weighted by atomic mass is 16.5. The summed E-state index contributed by atoms with van der Waals surface area (Å²) < 4.78 is 6.06. The lowest BCUT2D eigenvalue weighted by Gasteiger charge is -2.25. The van der Waals surface area contributed by atoms with Crippen molar-refractivity contribution in [2.45, 2.75) is 50.3 Å². The monoisotopic (exact) mass is 258 g/mol. The van der Waals surface area contributed by atoms with Crippen LogP contribution < -0.4 is 0 Å². The molecule has 0 bridgehead atoms. The molecular formula is C15H18N2O2. The molecule has 3 aliphatic rings. The van der Waals surface area contributed by atoms with Gasteiger partial charge in [-0.05, 0) is 31.4 Å². The van der Waals surface area contributed by atoms with Crippen molar-refractivity contribution in [2.75, 3.05) is 6.61 Å². The molecule has 0 radical (unpaired) electrons. The number of ether oxygens (including phenoxy) is 1. The Morgan fingerprint density at radius 2 is 2.21 bits per heavy atom. The first-order valence-electron chi connectivity index (χ1n) is 7.16. The van der Waals surface area contributed by atoms with E-state index in [1.54, 1.807) is 6.20 Å². The molecule has 0 aromatic carbocycles. The number of hydrogen-bond donors (Lipinski definition) is 0. The van der Waals surface area contributed by atoms with E-state index >= 15 is 0 Å². The van der Waals surface area contributed by atoms with E-state index in [1.807, 2.05) is 17.0 Å². The predicted octanol–water partition coefficient (Wildman–Crippen LogP) is 2.14. The van der Waals surface area contributed by atoms with Gasteiger partial charge in [0.25, 0.3) is 5.91 Å². The minimum Gasteiger partial charge on any atom is -0.373 e. The maximum atomic E-state index is 12.4. The molecule has 1 amide bonds. The Kier molecular flexibility index (Phi) is 2.42. The molecule has 1 aliphatic carbocycles. The summed E-state index contributed by atoms with van der Waals surface area (Å²) in [5.74, 6) is 0.131. The molecule has 1 saturated heterocycles. The van der Waals surface area contributed by atoms with Crippen LogP contribution in [-0.2, 0) is 11.3 Å². The molecular weight excluding hydrogens is 240 g/mol. The number of hydrogen-bond acceptors (Lipinski definition) is 3. The fourth-order valence-electron chi connectivity index (χ4n) is 3.83. The minimum absolute atomic E-state index is 0.0765. The number of carbonyl (C=O) groups is 1. The second-order valence-electron chi connectivity index (χ2n) is 5.99. The number of aromatic nitrogens is 1. The third kappa shape index (κ3) is 1.70. The zero-order chi connectivity index (χ0) is 12.9. The standard InChI is InChI=1S/C15H18N2O2/c18-14-12-4-3-7-16-13(12)9-17(14)11-8-15(19-10-11)5-1-2-6-15/h3-4,7,11H,1-2,5-6,8-10H2/t11-/m1/s1. The summed E-state index contributed by atoms with van der Waals surface area (Å²) in [6.07, 6.45) is 7.63. The molecule has 1 atom stereocenters. The Labute approximate surface area is 112 Å². The molecule has 1 saturated carbocycles. The van der Waals surface area contributed by atoms with Gasteiger partial charge in [-0.2, -0.15) is 0 Å². The van der Waals surface area contributed by atoms with Gasteiger partial charge in [0.05, 0.1) is 36.1 Å². The van der Waals surface area contributed by atoms with Crippen molar-refractivity contribution in [1.29, 1.82) is 0 Å². The number of nitrogens with zero attached hydrogens (tertiary/aromatic N) is 2. The lowest BCUT2D eigenvalue weighted by molar-refractivity contribution is 0.00827. The van der Waals surface area contributed by atoms with Crippen molar-refractivity contribution in [1.82, 2.24) is 9.88 Å². The molecule has 1 aromatic heterocycles. The number of fused-ring (bicyclic) bond motifs is 1. The number of pyridine rings is 1. The van der Waals surface area contributed by atoms with Gasteiger partial charge in [-0.15, -0.1) is 0 Å². The Bertz CT molecular complexity index is 523. The quantitative estimate of drug-likeness (QED) is 0.775. The van der Waals surface area contributed by atoms with Gasteiger partial charge in [-0.25, -0.2) is 0 Å². The van der Waals surface area contributed by atoms with E-state index in [0.717, 1.165) is 30.5 Å². The molecule has 4 rings (SSSR count). The molecule has 2 aliphatic heterocycles. The highest BCUT2D eigenvalue weighted by Crippen LogP contribution is 2.43. The van der Waals surface area contributed by atoms with Crippen LogP contribution in [0.5, 0.6) is 0 Å². The average Bonchev–Trinajstić information content (AvgIpc) is 3.13. The number of carbonyl (C=O) groups excluding carboxylic acids is 1. The van der Waals surface area contributed by atoms with Gasteiger partial charge >= 0.3 is 0 Å². The smallest absolute Gasteiger partial charge is 0.256 e. The highest BCUT2D eigenvalue weighted by molar-refractivity contribution is 5.97. The van der Waals surface area contributed by atoms with Gasteiger partial charge in [-0.3, -0.25) is 9.78 Å². The summed E-state index contributed by atoms with van der Waals surface area (Å²) in [6, 6.07) is 3.95. The first-order chi connectivity index (χ1) is 9.27.